The number of ether oxygens (including phenoxy) is 2. The Hall–Kier alpha value is -4.01. The Morgan fingerprint density at radius 2 is 1.72 bits per heavy atom. The second kappa shape index (κ2) is 12.7. The van der Waals surface area contributed by atoms with E-state index in [0.29, 0.717) is 17.9 Å². The molecule has 0 fully saturated rings. The third kappa shape index (κ3) is 6.08. The Bertz CT molecular complexity index is 1800. The van der Waals surface area contributed by atoms with Crippen molar-refractivity contribution in [2.75, 3.05) is 20.0 Å². The summed E-state index contributed by atoms with van der Waals surface area (Å²) in [5.74, 6) is 1.42. The molecule has 6 nitrogen and oxygen atoms in total. The Kier molecular flexibility index (Phi) is 8.58. The second-order valence-corrected chi connectivity index (χ2v) is 12.4. The summed E-state index contributed by atoms with van der Waals surface area (Å²) < 4.78 is 14.6. The molecule has 4 aromatic carbocycles. The first-order valence-electron chi connectivity index (χ1n) is 14.1. The molecule has 2 heterocycles. The number of aromatic nitrogens is 1. The molecule has 1 aromatic heterocycles. The van der Waals surface area contributed by atoms with Crippen LogP contribution in [0.5, 0.6) is 11.5 Å². The molecule has 8 heteroatoms. The van der Waals surface area contributed by atoms with Crippen molar-refractivity contribution in [3.05, 3.63) is 124 Å². The fourth-order valence-electron chi connectivity index (χ4n) is 5.53. The predicted molar refractivity (Wildman–Crippen MR) is 177 cm³/mol. The predicted octanol–water partition coefficient (Wildman–Crippen LogP) is 8.25. The van der Waals surface area contributed by atoms with E-state index < -0.39 is 0 Å². The first kappa shape index (κ1) is 29.1. The molecule has 0 radical (unpaired) electrons. The number of nitrogens with zero attached hydrogens (tertiary/aromatic N) is 3. The summed E-state index contributed by atoms with van der Waals surface area (Å²) in [4.78, 5) is 15.0. The summed E-state index contributed by atoms with van der Waals surface area (Å²) in [6.07, 6.45) is 2.73. The molecule has 0 aliphatic carbocycles. The summed E-state index contributed by atoms with van der Waals surface area (Å²) in [5.41, 5.74) is 6.33. The maximum Gasteiger partial charge on any atom is 0.253 e. The lowest BCUT2D eigenvalue weighted by atomic mass is 9.97. The van der Waals surface area contributed by atoms with E-state index in [9.17, 15) is 4.79 Å². The van der Waals surface area contributed by atoms with Crippen LogP contribution < -0.4 is 9.47 Å². The smallest absolute Gasteiger partial charge is 0.253 e. The fraction of sp³-hybridized carbons (Fsp3) is 0.200. The van der Waals surface area contributed by atoms with Gasteiger partial charge in [0.15, 0.2) is 11.5 Å². The number of rotatable bonds is 9. The molecule has 1 aliphatic rings. The highest BCUT2D eigenvalue weighted by Gasteiger charge is 2.35. The molecule has 43 heavy (non-hydrogen) atoms. The van der Waals surface area contributed by atoms with Crippen LogP contribution in [-0.2, 0) is 11.3 Å². The molecular formula is C35H32BrN3O3S. The number of fused-ring (bicyclic) bond motifs is 1. The third-order valence-electron chi connectivity index (χ3n) is 7.71. The standard InChI is InChI=1S/C35H32BrN3O3S/c1-23-11-13-24(14-12-23)20-38-21-33(27-7-4-5-9-30(27)38)43-22-34(40)39-31(28-8-6-10-32(41-2)35(28)42-3)19-29(37-39)25-15-17-26(36)18-16-25/h4-18,21,31H,19-20,22H2,1-3H3/t31-/m1/s1. The third-order valence-corrected chi connectivity index (χ3v) is 9.27. The fourth-order valence-corrected chi connectivity index (χ4v) is 6.73. The molecule has 0 saturated carbocycles. The zero-order valence-corrected chi connectivity index (χ0v) is 26.7. The maximum atomic E-state index is 14.0. The summed E-state index contributed by atoms with van der Waals surface area (Å²) in [6, 6.07) is 30.5. The molecule has 0 bridgehead atoms. The number of amides is 1. The van der Waals surface area contributed by atoms with E-state index in [0.717, 1.165) is 43.7 Å². The van der Waals surface area contributed by atoms with Gasteiger partial charge in [-0.05, 0) is 42.3 Å². The summed E-state index contributed by atoms with van der Waals surface area (Å²) in [5, 5.41) is 7.66. The minimum atomic E-state index is -0.320. The van der Waals surface area contributed by atoms with Gasteiger partial charge in [-0.15, -0.1) is 11.8 Å². The SMILES string of the molecule is COc1cccc([C@H]2CC(c3ccc(Br)cc3)=NN2C(=O)CSc2cn(Cc3ccc(C)cc3)c3ccccc23)c1OC. The van der Waals surface area contributed by atoms with E-state index >= 15 is 0 Å². The van der Waals surface area contributed by atoms with Crippen LogP contribution in [0.2, 0.25) is 0 Å². The van der Waals surface area contributed by atoms with E-state index in [1.807, 2.05) is 48.5 Å². The number of hydrogen-bond donors (Lipinski definition) is 0. The normalized spacial score (nSPS) is 14.7. The van der Waals surface area contributed by atoms with Crippen LogP contribution in [0.4, 0.5) is 0 Å². The average Bonchev–Trinajstić information content (AvgIpc) is 3.63. The molecule has 0 unspecified atom stereocenters. The van der Waals surface area contributed by atoms with Crippen LogP contribution in [0.25, 0.3) is 10.9 Å². The second-order valence-electron chi connectivity index (χ2n) is 10.5. The van der Waals surface area contributed by atoms with E-state index in [-0.39, 0.29) is 17.7 Å². The van der Waals surface area contributed by atoms with Gasteiger partial charge in [0.05, 0.1) is 31.7 Å². The minimum absolute atomic E-state index is 0.0673. The van der Waals surface area contributed by atoms with Gasteiger partial charge in [0.2, 0.25) is 0 Å². The van der Waals surface area contributed by atoms with Crippen LogP contribution in [0.15, 0.2) is 112 Å². The quantitative estimate of drug-likeness (QED) is 0.150. The first-order valence-corrected chi connectivity index (χ1v) is 15.9. The van der Waals surface area contributed by atoms with E-state index in [2.05, 4.69) is 76.1 Å². The molecule has 0 N–H and O–H groups in total. The van der Waals surface area contributed by atoms with E-state index in [4.69, 9.17) is 14.6 Å². The van der Waals surface area contributed by atoms with Crippen LogP contribution >= 0.6 is 27.7 Å². The van der Waals surface area contributed by atoms with Gasteiger partial charge < -0.3 is 14.0 Å². The van der Waals surface area contributed by atoms with Crippen molar-refractivity contribution in [3.8, 4) is 11.5 Å². The lowest BCUT2D eigenvalue weighted by Gasteiger charge is -2.24. The van der Waals surface area contributed by atoms with Crippen LogP contribution in [0.1, 0.15) is 34.7 Å². The van der Waals surface area contributed by atoms with Crippen molar-refractivity contribution in [1.29, 1.82) is 0 Å². The number of hydrazone groups is 1. The lowest BCUT2D eigenvalue weighted by Crippen LogP contribution is -2.28. The van der Waals surface area contributed by atoms with Gasteiger partial charge in [0.25, 0.3) is 5.91 Å². The number of halogens is 1. The minimum Gasteiger partial charge on any atom is -0.493 e. The van der Waals surface area contributed by atoms with Gasteiger partial charge in [-0.2, -0.15) is 5.10 Å². The van der Waals surface area contributed by atoms with Crippen molar-refractivity contribution in [3.63, 3.8) is 0 Å². The summed E-state index contributed by atoms with van der Waals surface area (Å²) in [6.45, 7) is 2.86. The van der Waals surface area contributed by atoms with Gasteiger partial charge in [0.1, 0.15) is 0 Å². The topological polar surface area (TPSA) is 56.1 Å². The Balaban J connectivity index is 1.29. The summed E-state index contributed by atoms with van der Waals surface area (Å²) in [7, 11) is 3.25. The number of aryl methyl sites for hydroxylation is 1. The number of methoxy groups -OCH3 is 2. The number of para-hydroxylation sites is 2. The van der Waals surface area contributed by atoms with E-state index in [1.165, 1.54) is 11.1 Å². The monoisotopic (exact) mass is 653 g/mol. The Morgan fingerprint density at radius 3 is 2.47 bits per heavy atom. The molecule has 0 spiro atoms. The molecule has 1 aliphatic heterocycles. The number of carbonyl (C=O) groups excluding carboxylic acids is 1. The highest BCUT2D eigenvalue weighted by molar-refractivity contribution is 9.10. The average molecular weight is 655 g/mol. The molecule has 6 rings (SSSR count). The van der Waals surface area contributed by atoms with Gasteiger partial charge in [-0.3, -0.25) is 4.79 Å². The van der Waals surface area contributed by atoms with Crippen molar-refractivity contribution in [2.45, 2.75) is 30.8 Å². The lowest BCUT2D eigenvalue weighted by molar-refractivity contribution is -0.130. The first-order chi connectivity index (χ1) is 20.9. The number of hydrogen-bond acceptors (Lipinski definition) is 5. The Labute approximate surface area is 264 Å². The highest BCUT2D eigenvalue weighted by atomic mass is 79.9. The number of benzene rings is 4. The van der Waals surface area contributed by atoms with Crippen LogP contribution in [0.3, 0.4) is 0 Å². The van der Waals surface area contributed by atoms with Crippen molar-refractivity contribution in [1.82, 2.24) is 9.58 Å². The van der Waals surface area contributed by atoms with Crippen molar-refractivity contribution < 1.29 is 14.3 Å². The zero-order chi connectivity index (χ0) is 29.9. The van der Waals surface area contributed by atoms with Crippen LogP contribution in [0, 0.1) is 6.92 Å². The molecule has 218 valence electrons. The highest BCUT2D eigenvalue weighted by Crippen LogP contribution is 2.42. The van der Waals surface area contributed by atoms with Crippen LogP contribution in [-0.4, -0.2) is 41.2 Å². The number of carbonyl (C=O) groups is 1. The molecule has 1 amide bonds. The van der Waals surface area contributed by atoms with Gasteiger partial charge in [0, 0.05) is 45.0 Å². The van der Waals surface area contributed by atoms with Crippen molar-refractivity contribution in [2.24, 2.45) is 5.10 Å². The van der Waals surface area contributed by atoms with Crippen molar-refractivity contribution >= 4 is 50.2 Å². The summed E-state index contributed by atoms with van der Waals surface area (Å²) >= 11 is 5.06. The number of thioether (sulfide) groups is 1. The molecule has 1 atom stereocenters. The molecule has 5 aromatic rings. The van der Waals surface area contributed by atoms with E-state index in [1.54, 1.807) is 31.0 Å². The molecule has 0 saturated heterocycles. The maximum absolute atomic E-state index is 14.0. The van der Waals surface area contributed by atoms with Gasteiger partial charge in [-0.25, -0.2) is 5.01 Å². The van der Waals surface area contributed by atoms with Gasteiger partial charge in [-0.1, -0.05) is 88.2 Å². The Morgan fingerprint density at radius 1 is 0.953 bits per heavy atom. The largest absolute Gasteiger partial charge is 0.493 e. The molecular weight excluding hydrogens is 622 g/mol. The van der Waals surface area contributed by atoms with Gasteiger partial charge >= 0.3 is 0 Å². The zero-order valence-electron chi connectivity index (χ0n) is 24.3.